The maximum absolute atomic E-state index is 9.00. The molecule has 6 nitrogen and oxygen atoms in total. The average Bonchev–Trinajstić information content (AvgIpc) is 2.25. The van der Waals surface area contributed by atoms with Crippen LogP contribution >= 0.6 is 0 Å². The number of carboxylic acid groups (broad SMARTS) is 1. The van der Waals surface area contributed by atoms with Crippen LogP contribution in [0.2, 0.25) is 0 Å². The van der Waals surface area contributed by atoms with Crippen LogP contribution in [0.3, 0.4) is 0 Å². The number of carbonyl (C=O) groups is 1. The van der Waals surface area contributed by atoms with Crippen molar-refractivity contribution in [2.24, 2.45) is 5.73 Å². The summed E-state index contributed by atoms with van der Waals surface area (Å²) in [7, 11) is 0. The Labute approximate surface area is 106 Å². The topological polar surface area (TPSA) is 99.6 Å². The van der Waals surface area contributed by atoms with Gasteiger partial charge in [-0.25, -0.2) is 0 Å². The minimum absolute atomic E-state index is 0.0147. The van der Waals surface area contributed by atoms with E-state index in [0.717, 1.165) is 12.6 Å². The van der Waals surface area contributed by atoms with Gasteiger partial charge >= 0.3 is 0 Å². The van der Waals surface area contributed by atoms with Crippen LogP contribution in [0.15, 0.2) is 30.3 Å². The molecule has 0 aromatic heterocycles. The molecule has 0 heterocycles. The molecule has 100 valence electrons. The summed E-state index contributed by atoms with van der Waals surface area (Å²) in [5.41, 5.74) is 6.16. The molecule has 0 bridgehead atoms. The van der Waals surface area contributed by atoms with Crippen LogP contribution in [0.25, 0.3) is 0 Å². The number of hydrogen-bond donors (Lipinski definition) is 3. The highest BCUT2D eigenvalue weighted by Gasteiger charge is 2.11. The molecule has 0 aliphatic rings. The quantitative estimate of drug-likeness (QED) is 0.433. The van der Waals surface area contributed by atoms with E-state index in [4.69, 9.17) is 25.9 Å². The van der Waals surface area contributed by atoms with Gasteiger partial charge in [-0.2, -0.15) is 5.06 Å². The van der Waals surface area contributed by atoms with E-state index >= 15 is 0 Å². The number of hydroxylamine groups is 1. The Morgan fingerprint density at radius 1 is 1.39 bits per heavy atom. The summed E-state index contributed by atoms with van der Waals surface area (Å²) in [6.45, 7) is 4.86. The van der Waals surface area contributed by atoms with Gasteiger partial charge in [-0.3, -0.25) is 15.0 Å². The summed E-state index contributed by atoms with van der Waals surface area (Å²) >= 11 is 0. The van der Waals surface area contributed by atoms with Crippen LogP contribution < -0.4 is 10.8 Å². The third kappa shape index (κ3) is 7.24. The molecular formula is C12H19N3O3. The van der Waals surface area contributed by atoms with Gasteiger partial charge in [-0.1, -0.05) is 18.2 Å². The molecule has 0 aliphatic heterocycles. The van der Waals surface area contributed by atoms with Crippen LogP contribution in [-0.4, -0.2) is 23.1 Å². The molecule has 0 spiro atoms. The minimum Gasteiger partial charge on any atom is -0.481 e. The minimum atomic E-state index is -0.833. The molecule has 0 atom stereocenters. The zero-order valence-electron chi connectivity index (χ0n) is 10.8. The lowest BCUT2D eigenvalue weighted by atomic mass is 10.3. The molecule has 4 N–H and O–H groups in total. The molecule has 0 fully saturated rings. The smallest absolute Gasteiger partial charge is 0.300 e. The van der Waals surface area contributed by atoms with Gasteiger partial charge in [-0.15, -0.1) is 0 Å². The Hall–Kier alpha value is -2.08. The van der Waals surface area contributed by atoms with Crippen LogP contribution in [0.5, 0.6) is 0 Å². The fourth-order valence-electron chi connectivity index (χ4n) is 1.03. The largest absolute Gasteiger partial charge is 0.481 e. The lowest BCUT2D eigenvalue weighted by Gasteiger charge is -2.23. The van der Waals surface area contributed by atoms with Gasteiger partial charge in [0.2, 0.25) is 5.96 Å². The Morgan fingerprint density at radius 3 is 2.17 bits per heavy atom. The molecule has 1 aromatic rings. The maximum Gasteiger partial charge on any atom is 0.300 e. The molecule has 0 unspecified atom stereocenters. The molecule has 0 radical (unpaired) electrons. The van der Waals surface area contributed by atoms with Gasteiger partial charge in [0.25, 0.3) is 5.97 Å². The number of nitrogens with zero attached hydrogens (tertiary/aromatic N) is 1. The lowest BCUT2D eigenvalue weighted by Crippen LogP contribution is -2.38. The number of guanidine groups is 1. The summed E-state index contributed by atoms with van der Waals surface area (Å²) in [6, 6.07) is 9.31. The van der Waals surface area contributed by atoms with Crippen molar-refractivity contribution in [2.45, 2.75) is 26.9 Å². The molecule has 1 rings (SSSR count). The van der Waals surface area contributed by atoms with Crippen LogP contribution in [0, 0.1) is 5.41 Å². The molecule has 0 saturated heterocycles. The van der Waals surface area contributed by atoms with E-state index in [1.54, 1.807) is 0 Å². The SMILES string of the molecule is CC(=O)O.CC(C)ON(C(=N)N)c1ccccc1. The third-order valence-electron chi connectivity index (χ3n) is 1.53. The normalized spacial score (nSPS) is 9.33. The second-order valence-corrected chi connectivity index (χ2v) is 3.69. The Balaban J connectivity index is 0.000000631. The van der Waals surface area contributed by atoms with Gasteiger partial charge in [0, 0.05) is 6.92 Å². The number of nitrogens with one attached hydrogen (secondary N) is 1. The third-order valence-corrected chi connectivity index (χ3v) is 1.53. The standard InChI is InChI=1S/C10H15N3O.C2H4O2/c1-8(2)14-13(10(11)12)9-6-4-3-5-7-9;1-2(3)4/h3-8H,1-2H3,(H3,11,12);1H3,(H,3,4). The van der Waals surface area contributed by atoms with Gasteiger partial charge in [0.1, 0.15) is 0 Å². The number of hydrogen-bond acceptors (Lipinski definition) is 3. The van der Waals surface area contributed by atoms with Crippen molar-refractivity contribution in [3.8, 4) is 0 Å². The summed E-state index contributed by atoms with van der Waals surface area (Å²) in [4.78, 5) is 14.4. The summed E-state index contributed by atoms with van der Waals surface area (Å²) in [6.07, 6.45) is -0.0147. The van der Waals surface area contributed by atoms with Crippen molar-refractivity contribution >= 4 is 17.6 Å². The predicted molar refractivity (Wildman–Crippen MR) is 70.4 cm³/mol. The highest BCUT2D eigenvalue weighted by molar-refractivity contribution is 5.90. The van der Waals surface area contributed by atoms with Crippen LogP contribution in [0.4, 0.5) is 5.69 Å². The molecule has 18 heavy (non-hydrogen) atoms. The first kappa shape index (κ1) is 15.9. The Morgan fingerprint density at radius 2 is 1.83 bits per heavy atom. The molecule has 0 aliphatic carbocycles. The van der Waals surface area contributed by atoms with Crippen molar-refractivity contribution in [1.82, 2.24) is 0 Å². The van der Waals surface area contributed by atoms with Crippen molar-refractivity contribution in [2.75, 3.05) is 5.06 Å². The molecular weight excluding hydrogens is 234 g/mol. The van der Waals surface area contributed by atoms with Gasteiger partial charge < -0.3 is 10.8 Å². The van der Waals surface area contributed by atoms with E-state index in [2.05, 4.69) is 0 Å². The summed E-state index contributed by atoms with van der Waals surface area (Å²) in [5.74, 6) is -0.954. The zero-order chi connectivity index (χ0) is 14.1. The van der Waals surface area contributed by atoms with Crippen molar-refractivity contribution in [1.29, 1.82) is 5.41 Å². The van der Waals surface area contributed by atoms with E-state index in [0.29, 0.717) is 0 Å². The van der Waals surface area contributed by atoms with E-state index in [1.807, 2.05) is 44.2 Å². The summed E-state index contributed by atoms with van der Waals surface area (Å²) < 4.78 is 0. The first-order chi connectivity index (χ1) is 8.34. The number of nitrogens with two attached hydrogens (primary N) is 1. The number of anilines is 1. The number of benzene rings is 1. The van der Waals surface area contributed by atoms with Crippen molar-refractivity contribution in [3.63, 3.8) is 0 Å². The predicted octanol–water partition coefficient (Wildman–Crippen LogP) is 1.82. The van der Waals surface area contributed by atoms with Gasteiger partial charge in [-0.05, 0) is 26.0 Å². The van der Waals surface area contributed by atoms with E-state index in [1.165, 1.54) is 5.06 Å². The maximum atomic E-state index is 9.00. The number of rotatable bonds is 3. The molecule has 0 amide bonds. The second-order valence-electron chi connectivity index (χ2n) is 3.69. The molecule has 0 saturated carbocycles. The Kier molecular flexibility index (Phi) is 7.14. The fourth-order valence-corrected chi connectivity index (χ4v) is 1.03. The van der Waals surface area contributed by atoms with Gasteiger partial charge in [0.15, 0.2) is 0 Å². The monoisotopic (exact) mass is 253 g/mol. The molecule has 1 aromatic carbocycles. The van der Waals surface area contributed by atoms with Crippen LogP contribution in [0.1, 0.15) is 20.8 Å². The second kappa shape index (κ2) is 8.08. The van der Waals surface area contributed by atoms with Crippen LogP contribution in [-0.2, 0) is 9.63 Å². The first-order valence-electron chi connectivity index (χ1n) is 5.40. The fraction of sp³-hybridized carbons (Fsp3) is 0.333. The number of para-hydroxylation sites is 1. The summed E-state index contributed by atoms with van der Waals surface area (Å²) in [5, 5.41) is 16.1. The highest BCUT2D eigenvalue weighted by atomic mass is 16.7. The van der Waals surface area contributed by atoms with E-state index in [-0.39, 0.29) is 12.1 Å². The first-order valence-corrected chi connectivity index (χ1v) is 5.40. The van der Waals surface area contributed by atoms with E-state index in [9.17, 15) is 0 Å². The average molecular weight is 253 g/mol. The van der Waals surface area contributed by atoms with Crippen molar-refractivity contribution < 1.29 is 14.7 Å². The zero-order valence-corrected chi connectivity index (χ0v) is 10.8. The lowest BCUT2D eigenvalue weighted by molar-refractivity contribution is -0.134. The van der Waals surface area contributed by atoms with E-state index < -0.39 is 5.97 Å². The molecule has 6 heteroatoms. The number of carboxylic acids is 1. The van der Waals surface area contributed by atoms with Crippen molar-refractivity contribution in [3.05, 3.63) is 30.3 Å². The Bertz CT molecular complexity index is 375. The highest BCUT2D eigenvalue weighted by Crippen LogP contribution is 2.13. The van der Waals surface area contributed by atoms with Gasteiger partial charge in [0.05, 0.1) is 11.8 Å². The number of aliphatic carboxylic acids is 1.